The Morgan fingerprint density at radius 3 is 2.83 bits per heavy atom. The molecule has 0 aliphatic carbocycles. The molecule has 0 aliphatic heterocycles. The Hall–Kier alpha value is -1.95. The highest BCUT2D eigenvalue weighted by molar-refractivity contribution is 7.18. The molecule has 0 saturated heterocycles. The van der Waals surface area contributed by atoms with E-state index < -0.39 is 0 Å². The van der Waals surface area contributed by atoms with Gasteiger partial charge in [0.15, 0.2) is 0 Å². The zero-order valence-electron chi connectivity index (χ0n) is 10.2. The zero-order chi connectivity index (χ0) is 13.1. The first-order chi connectivity index (χ1) is 8.56. The van der Waals surface area contributed by atoms with Crippen LogP contribution in [0.25, 0.3) is 10.6 Å². The molecule has 0 spiro atoms. The van der Waals surface area contributed by atoms with Gasteiger partial charge in [0.05, 0.1) is 0 Å². The molecule has 2 rings (SSSR count). The van der Waals surface area contributed by atoms with Crippen LogP contribution in [0.15, 0.2) is 24.3 Å². The minimum absolute atomic E-state index is 0.0646. The van der Waals surface area contributed by atoms with Crippen molar-refractivity contribution in [3.8, 4) is 10.6 Å². The van der Waals surface area contributed by atoms with E-state index >= 15 is 0 Å². The third-order valence-electron chi connectivity index (χ3n) is 2.31. The molecule has 1 aromatic carbocycles. The number of carbonyl (C=O) groups is 1. The number of aromatic nitrogens is 2. The van der Waals surface area contributed by atoms with Gasteiger partial charge in [0.1, 0.15) is 5.01 Å². The first-order valence-corrected chi connectivity index (χ1v) is 6.38. The molecule has 18 heavy (non-hydrogen) atoms. The smallest absolute Gasteiger partial charge is 0.228 e. The Kier molecular flexibility index (Phi) is 3.57. The van der Waals surface area contributed by atoms with Crippen molar-refractivity contribution in [3.63, 3.8) is 0 Å². The van der Waals surface area contributed by atoms with Gasteiger partial charge >= 0.3 is 0 Å². The van der Waals surface area contributed by atoms with Gasteiger partial charge in [0.25, 0.3) is 0 Å². The summed E-state index contributed by atoms with van der Waals surface area (Å²) in [6, 6.07) is 7.41. The lowest BCUT2D eigenvalue weighted by atomic mass is 10.2. The molecular formula is C12H14N4OS. The second-order valence-electron chi connectivity index (χ2n) is 4.18. The Morgan fingerprint density at radius 1 is 1.39 bits per heavy atom. The number of nitrogen functional groups attached to an aromatic ring is 1. The van der Waals surface area contributed by atoms with Crippen molar-refractivity contribution in [2.45, 2.75) is 13.8 Å². The van der Waals surface area contributed by atoms with Crippen molar-refractivity contribution in [3.05, 3.63) is 24.3 Å². The summed E-state index contributed by atoms with van der Waals surface area (Å²) in [5, 5.41) is 11.9. The van der Waals surface area contributed by atoms with Gasteiger partial charge in [0, 0.05) is 17.2 Å². The van der Waals surface area contributed by atoms with Crippen molar-refractivity contribution in [2.75, 3.05) is 11.1 Å². The monoisotopic (exact) mass is 262 g/mol. The molecule has 0 atom stereocenters. The highest BCUT2D eigenvalue weighted by Gasteiger charge is 2.11. The van der Waals surface area contributed by atoms with Crippen molar-refractivity contribution < 1.29 is 4.79 Å². The van der Waals surface area contributed by atoms with Crippen molar-refractivity contribution in [1.82, 2.24) is 10.2 Å². The standard InChI is InChI=1S/C12H14N4OS/c1-7(2)10(17)14-12-16-15-11(18-12)8-4-3-5-9(13)6-8/h3-7H,13H2,1-2H3,(H,14,16,17). The van der Waals surface area contributed by atoms with E-state index in [0.29, 0.717) is 10.8 Å². The quantitative estimate of drug-likeness (QED) is 0.832. The molecule has 0 unspecified atom stereocenters. The van der Waals surface area contributed by atoms with E-state index in [1.807, 2.05) is 38.1 Å². The van der Waals surface area contributed by atoms with Gasteiger partial charge in [-0.1, -0.05) is 37.3 Å². The van der Waals surface area contributed by atoms with Crippen LogP contribution in [0.3, 0.4) is 0 Å². The fourth-order valence-corrected chi connectivity index (χ4v) is 2.05. The zero-order valence-corrected chi connectivity index (χ0v) is 11.0. The summed E-state index contributed by atoms with van der Waals surface area (Å²) in [6.07, 6.45) is 0. The lowest BCUT2D eigenvalue weighted by molar-refractivity contribution is -0.118. The molecule has 0 fully saturated rings. The lowest BCUT2D eigenvalue weighted by Crippen LogP contribution is -2.17. The van der Waals surface area contributed by atoms with Crippen LogP contribution in [0, 0.1) is 5.92 Å². The summed E-state index contributed by atoms with van der Waals surface area (Å²) < 4.78 is 0. The average molecular weight is 262 g/mol. The molecule has 1 amide bonds. The number of hydrogen-bond acceptors (Lipinski definition) is 5. The van der Waals surface area contributed by atoms with Crippen LogP contribution in [0.1, 0.15) is 13.8 Å². The normalized spacial score (nSPS) is 10.6. The van der Waals surface area contributed by atoms with Gasteiger partial charge in [-0.05, 0) is 12.1 Å². The molecule has 94 valence electrons. The average Bonchev–Trinajstić information content (AvgIpc) is 2.77. The third-order valence-corrected chi connectivity index (χ3v) is 3.20. The van der Waals surface area contributed by atoms with E-state index in [0.717, 1.165) is 10.6 Å². The van der Waals surface area contributed by atoms with E-state index in [2.05, 4.69) is 15.5 Å². The van der Waals surface area contributed by atoms with Crippen molar-refractivity contribution in [1.29, 1.82) is 0 Å². The van der Waals surface area contributed by atoms with Crippen LogP contribution in [0.5, 0.6) is 0 Å². The van der Waals surface area contributed by atoms with E-state index in [4.69, 9.17) is 5.73 Å². The first kappa shape index (κ1) is 12.5. The summed E-state index contributed by atoms with van der Waals surface area (Å²) in [6.45, 7) is 3.66. The molecule has 2 aromatic rings. The van der Waals surface area contributed by atoms with E-state index in [1.54, 1.807) is 0 Å². The second kappa shape index (κ2) is 5.14. The maximum Gasteiger partial charge on any atom is 0.228 e. The number of nitrogens with zero attached hydrogens (tertiary/aromatic N) is 2. The van der Waals surface area contributed by atoms with Crippen molar-refractivity contribution >= 4 is 28.1 Å². The predicted molar refractivity (Wildman–Crippen MR) is 73.2 cm³/mol. The van der Waals surface area contributed by atoms with Crippen LogP contribution in [-0.4, -0.2) is 16.1 Å². The number of nitrogens with two attached hydrogens (primary N) is 1. The van der Waals surface area contributed by atoms with E-state index in [-0.39, 0.29) is 11.8 Å². The number of nitrogens with one attached hydrogen (secondary N) is 1. The van der Waals surface area contributed by atoms with Crippen LogP contribution in [0.2, 0.25) is 0 Å². The number of carbonyl (C=O) groups excluding carboxylic acids is 1. The SMILES string of the molecule is CC(C)C(=O)Nc1nnc(-c2cccc(N)c2)s1. The van der Waals surface area contributed by atoms with Gasteiger partial charge in [-0.3, -0.25) is 4.79 Å². The minimum Gasteiger partial charge on any atom is -0.399 e. The van der Waals surface area contributed by atoms with Crippen LogP contribution in [-0.2, 0) is 4.79 Å². The number of anilines is 2. The summed E-state index contributed by atoms with van der Waals surface area (Å²) >= 11 is 1.33. The maximum absolute atomic E-state index is 11.5. The molecule has 0 aliphatic rings. The summed E-state index contributed by atoms with van der Waals surface area (Å²) in [5.74, 6) is -0.144. The second-order valence-corrected chi connectivity index (χ2v) is 5.16. The first-order valence-electron chi connectivity index (χ1n) is 5.56. The van der Waals surface area contributed by atoms with Gasteiger partial charge in [-0.2, -0.15) is 0 Å². The van der Waals surface area contributed by atoms with Gasteiger partial charge in [-0.25, -0.2) is 0 Å². The fraction of sp³-hybridized carbons (Fsp3) is 0.250. The lowest BCUT2D eigenvalue weighted by Gasteiger charge is -2.02. The van der Waals surface area contributed by atoms with Crippen LogP contribution in [0.4, 0.5) is 10.8 Å². The van der Waals surface area contributed by atoms with Gasteiger partial charge in [-0.15, -0.1) is 10.2 Å². The molecule has 0 bridgehead atoms. The molecule has 0 radical (unpaired) electrons. The predicted octanol–water partition coefficient (Wildman–Crippen LogP) is 2.38. The molecule has 3 N–H and O–H groups in total. The van der Waals surface area contributed by atoms with Crippen molar-refractivity contribution in [2.24, 2.45) is 5.92 Å². The largest absolute Gasteiger partial charge is 0.399 e. The molecule has 6 heteroatoms. The number of rotatable bonds is 3. The Morgan fingerprint density at radius 2 is 2.17 bits per heavy atom. The summed E-state index contributed by atoms with van der Waals surface area (Å²) in [4.78, 5) is 11.5. The number of benzene rings is 1. The highest BCUT2D eigenvalue weighted by atomic mass is 32.1. The maximum atomic E-state index is 11.5. The van der Waals surface area contributed by atoms with E-state index in [1.165, 1.54) is 11.3 Å². The fourth-order valence-electron chi connectivity index (χ4n) is 1.31. The minimum atomic E-state index is -0.0790. The third kappa shape index (κ3) is 2.84. The highest BCUT2D eigenvalue weighted by Crippen LogP contribution is 2.27. The summed E-state index contributed by atoms with van der Waals surface area (Å²) in [7, 11) is 0. The van der Waals surface area contributed by atoms with Crippen LogP contribution >= 0.6 is 11.3 Å². The Balaban J connectivity index is 2.18. The Labute approximate surface area is 109 Å². The van der Waals surface area contributed by atoms with Crippen LogP contribution < -0.4 is 11.1 Å². The molecular weight excluding hydrogens is 248 g/mol. The number of hydrogen-bond donors (Lipinski definition) is 2. The molecule has 1 heterocycles. The molecule has 0 saturated carbocycles. The molecule has 5 nitrogen and oxygen atoms in total. The molecule has 1 aromatic heterocycles. The number of amides is 1. The topological polar surface area (TPSA) is 80.9 Å². The van der Waals surface area contributed by atoms with Gasteiger partial charge < -0.3 is 11.1 Å². The Bertz CT molecular complexity index is 565. The van der Waals surface area contributed by atoms with E-state index in [9.17, 15) is 4.79 Å². The summed E-state index contributed by atoms with van der Waals surface area (Å²) in [5.41, 5.74) is 7.29. The van der Waals surface area contributed by atoms with Gasteiger partial charge in [0.2, 0.25) is 11.0 Å².